The van der Waals surface area contributed by atoms with E-state index < -0.39 is 12.0 Å². The van der Waals surface area contributed by atoms with Crippen LogP contribution in [0.5, 0.6) is 0 Å². The number of benzene rings is 1. The summed E-state index contributed by atoms with van der Waals surface area (Å²) < 4.78 is 10.5. The van der Waals surface area contributed by atoms with Crippen molar-refractivity contribution in [1.82, 2.24) is 15.9 Å². The topological polar surface area (TPSA) is 125 Å². The Morgan fingerprint density at radius 3 is 2.94 bits per heavy atom. The van der Waals surface area contributed by atoms with Gasteiger partial charge in [0.1, 0.15) is 11.8 Å². The van der Waals surface area contributed by atoms with E-state index in [1.54, 1.807) is 48.5 Å². The molecule has 3 N–H and O–H groups in total. The number of thioether (sulfide) groups is 1. The van der Waals surface area contributed by atoms with Crippen LogP contribution in [0, 0.1) is 0 Å². The van der Waals surface area contributed by atoms with Crippen molar-refractivity contribution in [3.05, 3.63) is 54.0 Å². The van der Waals surface area contributed by atoms with Gasteiger partial charge in [0, 0.05) is 6.42 Å². The van der Waals surface area contributed by atoms with Gasteiger partial charge in [-0.2, -0.15) is 0 Å². The van der Waals surface area contributed by atoms with Crippen LogP contribution in [0.1, 0.15) is 35.5 Å². The zero-order valence-electron chi connectivity index (χ0n) is 16.7. The molecule has 162 valence electrons. The molecule has 0 saturated carbocycles. The number of amides is 2. The number of anilines is 1. The maximum absolute atomic E-state index is 12.5. The summed E-state index contributed by atoms with van der Waals surface area (Å²) >= 11 is 1.17. The van der Waals surface area contributed by atoms with E-state index >= 15 is 0 Å². The fourth-order valence-electron chi connectivity index (χ4n) is 3.35. The Morgan fingerprint density at radius 2 is 2.16 bits per heavy atom. The predicted octanol–water partition coefficient (Wildman–Crippen LogP) is 1.85. The number of fused-ring (bicyclic) bond motifs is 1. The molecule has 2 unspecified atom stereocenters. The molecular weight excluding hydrogens is 422 g/mol. The first kappa shape index (κ1) is 20.9. The monoisotopic (exact) mass is 443 g/mol. The Kier molecular flexibility index (Phi) is 6.23. The van der Waals surface area contributed by atoms with E-state index in [1.807, 2.05) is 6.07 Å². The number of carbonyl (C=O) groups excluding carboxylic acids is 3. The highest BCUT2D eigenvalue weighted by molar-refractivity contribution is 8.14. The second-order valence-electron chi connectivity index (χ2n) is 6.79. The van der Waals surface area contributed by atoms with E-state index in [9.17, 15) is 14.4 Å². The van der Waals surface area contributed by atoms with E-state index in [4.69, 9.17) is 9.15 Å². The van der Waals surface area contributed by atoms with E-state index in [2.05, 4.69) is 21.3 Å². The smallest absolute Gasteiger partial charge is 0.340 e. The number of carbonyl (C=O) groups is 3. The third-order valence-electron chi connectivity index (χ3n) is 4.75. The van der Waals surface area contributed by atoms with Crippen molar-refractivity contribution < 1.29 is 23.5 Å². The summed E-state index contributed by atoms with van der Waals surface area (Å²) in [6, 6.07) is 9.66. The predicted molar refractivity (Wildman–Crippen MR) is 114 cm³/mol. The Balaban J connectivity index is 1.39. The molecule has 11 heteroatoms. The fourth-order valence-corrected chi connectivity index (χ4v) is 4.11. The molecule has 2 aliphatic heterocycles. The zero-order valence-corrected chi connectivity index (χ0v) is 17.5. The first-order valence-electron chi connectivity index (χ1n) is 9.72. The lowest BCUT2D eigenvalue weighted by Gasteiger charge is -2.29. The molecule has 1 fully saturated rings. The van der Waals surface area contributed by atoms with Gasteiger partial charge in [-0.15, -0.1) is 5.10 Å². The number of rotatable bonds is 6. The number of furan rings is 1. The lowest BCUT2D eigenvalue weighted by atomic mass is 10.1. The standard InChI is InChI=1S/C20H21N5O5S/c1-2-29-19(28)12-6-3-4-7-13(12)21-17(26)11-31-20-23-22-18(27)15-10-14(24-25(15)20)16-8-5-9-30-16/h3-9,14-15,24H,2,10-11H2,1H3,(H,21,26)(H,22,27). The SMILES string of the molecule is CCOC(=O)c1ccccc1NC(=O)CSC1=NNC(=O)C2CC(c3ccco3)NN12. The molecule has 10 nitrogen and oxygen atoms in total. The van der Waals surface area contributed by atoms with Gasteiger partial charge in [-0.3, -0.25) is 14.6 Å². The van der Waals surface area contributed by atoms with Gasteiger partial charge < -0.3 is 14.5 Å². The van der Waals surface area contributed by atoms with Gasteiger partial charge >= 0.3 is 5.97 Å². The van der Waals surface area contributed by atoms with Crippen LogP contribution in [0.4, 0.5) is 5.69 Å². The van der Waals surface area contributed by atoms with Crippen LogP contribution in [0.15, 0.2) is 52.2 Å². The number of hydrogen-bond donors (Lipinski definition) is 3. The third-order valence-corrected chi connectivity index (χ3v) is 5.70. The minimum atomic E-state index is -0.501. The summed E-state index contributed by atoms with van der Waals surface area (Å²) in [5.74, 6) is -0.292. The highest BCUT2D eigenvalue weighted by atomic mass is 32.2. The fraction of sp³-hybridized carbons (Fsp3) is 0.300. The number of esters is 1. The molecule has 0 aliphatic carbocycles. The first-order valence-corrected chi connectivity index (χ1v) is 10.7. The number of amidine groups is 1. The van der Waals surface area contributed by atoms with E-state index in [0.717, 1.165) is 5.76 Å². The average molecular weight is 443 g/mol. The van der Waals surface area contributed by atoms with E-state index in [-0.39, 0.29) is 35.8 Å². The van der Waals surface area contributed by atoms with Crippen LogP contribution in [0.2, 0.25) is 0 Å². The molecule has 2 atom stereocenters. The van der Waals surface area contributed by atoms with Crippen LogP contribution in [-0.2, 0) is 14.3 Å². The average Bonchev–Trinajstić information content (AvgIpc) is 3.44. The minimum Gasteiger partial charge on any atom is -0.468 e. The number of hydrogen-bond acceptors (Lipinski definition) is 9. The molecule has 0 radical (unpaired) electrons. The molecule has 31 heavy (non-hydrogen) atoms. The van der Waals surface area contributed by atoms with Crippen LogP contribution >= 0.6 is 11.8 Å². The van der Waals surface area contributed by atoms with Gasteiger partial charge in [-0.1, -0.05) is 23.9 Å². The first-order chi connectivity index (χ1) is 15.1. The number of nitrogens with zero attached hydrogens (tertiary/aromatic N) is 2. The van der Waals surface area contributed by atoms with Crippen LogP contribution in [0.25, 0.3) is 0 Å². The normalized spacial score (nSPS) is 20.0. The van der Waals surface area contributed by atoms with Crippen molar-refractivity contribution in [2.45, 2.75) is 25.4 Å². The van der Waals surface area contributed by atoms with Crippen LogP contribution < -0.4 is 16.2 Å². The zero-order chi connectivity index (χ0) is 21.8. The van der Waals surface area contributed by atoms with Gasteiger partial charge in [0.2, 0.25) is 5.91 Å². The van der Waals surface area contributed by atoms with Crippen molar-refractivity contribution in [2.75, 3.05) is 17.7 Å². The van der Waals surface area contributed by atoms with Crippen molar-refractivity contribution in [3.8, 4) is 0 Å². The Bertz CT molecular complexity index is 1010. The van der Waals surface area contributed by atoms with E-state index in [1.165, 1.54) is 11.8 Å². The maximum Gasteiger partial charge on any atom is 0.340 e. The summed E-state index contributed by atoms with van der Waals surface area (Å²) in [6.45, 7) is 1.96. The largest absolute Gasteiger partial charge is 0.468 e. The molecule has 1 aromatic carbocycles. The number of para-hydroxylation sites is 1. The summed E-state index contributed by atoms with van der Waals surface area (Å²) in [6.07, 6.45) is 2.09. The van der Waals surface area contributed by atoms with Crippen LogP contribution in [-0.4, -0.2) is 46.4 Å². The molecular formula is C20H21N5O5S. The Morgan fingerprint density at radius 1 is 1.32 bits per heavy atom. The lowest BCUT2D eigenvalue weighted by Crippen LogP contribution is -2.52. The summed E-state index contributed by atoms with van der Waals surface area (Å²) in [5.41, 5.74) is 6.39. The van der Waals surface area contributed by atoms with Gasteiger partial charge in [0.15, 0.2) is 5.17 Å². The molecule has 1 saturated heterocycles. The molecule has 3 heterocycles. The van der Waals surface area contributed by atoms with E-state index in [0.29, 0.717) is 17.3 Å². The summed E-state index contributed by atoms with van der Waals surface area (Å²) in [4.78, 5) is 36.8. The Labute approximate surface area is 182 Å². The molecule has 0 bridgehead atoms. The highest BCUT2D eigenvalue weighted by Crippen LogP contribution is 2.31. The number of ether oxygens (including phenoxy) is 1. The van der Waals surface area contributed by atoms with Gasteiger partial charge in [0.05, 0.1) is 35.9 Å². The summed E-state index contributed by atoms with van der Waals surface area (Å²) in [5, 5.41) is 8.94. The number of hydrazine groups is 1. The van der Waals surface area contributed by atoms with Gasteiger partial charge in [-0.05, 0) is 31.2 Å². The number of hydrazone groups is 1. The second-order valence-corrected chi connectivity index (χ2v) is 7.73. The van der Waals surface area contributed by atoms with Crippen molar-refractivity contribution in [1.29, 1.82) is 0 Å². The third kappa shape index (κ3) is 4.57. The summed E-state index contributed by atoms with van der Waals surface area (Å²) in [7, 11) is 0. The maximum atomic E-state index is 12.5. The highest BCUT2D eigenvalue weighted by Gasteiger charge is 2.42. The van der Waals surface area contributed by atoms with Crippen molar-refractivity contribution in [3.63, 3.8) is 0 Å². The van der Waals surface area contributed by atoms with Crippen molar-refractivity contribution >= 4 is 40.4 Å². The second kappa shape index (κ2) is 9.23. The molecule has 4 rings (SSSR count). The molecule has 0 spiro atoms. The molecule has 2 amide bonds. The number of nitrogens with one attached hydrogen (secondary N) is 3. The quantitative estimate of drug-likeness (QED) is 0.578. The van der Waals surface area contributed by atoms with Gasteiger partial charge in [-0.25, -0.2) is 15.6 Å². The lowest BCUT2D eigenvalue weighted by molar-refractivity contribution is -0.125. The molecule has 1 aromatic heterocycles. The van der Waals surface area contributed by atoms with Crippen molar-refractivity contribution in [2.24, 2.45) is 5.10 Å². The Hall–Kier alpha value is -3.31. The molecule has 2 aromatic rings. The van der Waals surface area contributed by atoms with Gasteiger partial charge in [0.25, 0.3) is 5.91 Å². The molecule has 2 aliphatic rings. The van der Waals surface area contributed by atoms with Crippen LogP contribution in [0.3, 0.4) is 0 Å². The minimum absolute atomic E-state index is 0.0299.